The Morgan fingerprint density at radius 2 is 2.47 bits per heavy atom. The van der Waals surface area contributed by atoms with Gasteiger partial charge in [0.05, 0.1) is 0 Å². The number of hydrogen-bond donors (Lipinski definition) is 3. The largest absolute Gasteiger partial charge is 0.480 e. The summed E-state index contributed by atoms with van der Waals surface area (Å²) in [4.78, 5) is 10.9. The highest BCUT2D eigenvalue weighted by Crippen LogP contribution is 2.23. The number of rotatable bonds is 4. The van der Waals surface area contributed by atoms with Crippen LogP contribution >= 0.6 is 12.4 Å². The smallest absolute Gasteiger partial charge is 0.317 e. The SMILES string of the molecule is C=CCNC1=CC(C)(C(=O)O)C=CN1.Cl. The molecule has 1 heterocycles. The summed E-state index contributed by atoms with van der Waals surface area (Å²) in [6, 6.07) is 0. The zero-order valence-corrected chi connectivity index (χ0v) is 9.30. The lowest BCUT2D eigenvalue weighted by atomic mass is 9.89. The molecule has 1 rings (SSSR count). The van der Waals surface area contributed by atoms with Crippen LogP contribution in [0, 0.1) is 5.41 Å². The Morgan fingerprint density at radius 3 is 3.00 bits per heavy atom. The molecule has 0 fully saturated rings. The van der Waals surface area contributed by atoms with E-state index in [9.17, 15) is 4.79 Å². The second-order valence-corrected chi connectivity index (χ2v) is 3.29. The minimum Gasteiger partial charge on any atom is -0.480 e. The normalized spacial score (nSPS) is 23.1. The molecule has 0 saturated heterocycles. The number of aliphatic carboxylic acids is 1. The molecule has 15 heavy (non-hydrogen) atoms. The van der Waals surface area contributed by atoms with E-state index >= 15 is 0 Å². The average molecular weight is 231 g/mol. The zero-order chi connectivity index (χ0) is 10.6. The predicted octanol–water partition coefficient (Wildman–Crippen LogP) is 1.23. The first-order valence-corrected chi connectivity index (χ1v) is 4.34. The second kappa shape index (κ2) is 5.46. The van der Waals surface area contributed by atoms with Gasteiger partial charge in [-0.1, -0.05) is 6.08 Å². The molecule has 0 aliphatic carbocycles. The van der Waals surface area contributed by atoms with E-state index in [-0.39, 0.29) is 12.4 Å². The summed E-state index contributed by atoms with van der Waals surface area (Å²) in [7, 11) is 0. The third-order valence-corrected chi connectivity index (χ3v) is 2.01. The maximum absolute atomic E-state index is 10.9. The molecule has 1 unspecified atom stereocenters. The summed E-state index contributed by atoms with van der Waals surface area (Å²) in [6.45, 7) is 5.81. The molecule has 0 saturated carbocycles. The van der Waals surface area contributed by atoms with E-state index in [1.165, 1.54) is 0 Å². The highest BCUT2D eigenvalue weighted by Gasteiger charge is 2.30. The van der Waals surface area contributed by atoms with Crippen LogP contribution in [0.15, 0.2) is 36.8 Å². The van der Waals surface area contributed by atoms with Crippen LogP contribution in [-0.4, -0.2) is 17.6 Å². The van der Waals surface area contributed by atoms with E-state index in [1.807, 2.05) is 0 Å². The number of nitrogens with one attached hydrogen (secondary N) is 2. The van der Waals surface area contributed by atoms with Crippen molar-refractivity contribution in [3.63, 3.8) is 0 Å². The van der Waals surface area contributed by atoms with E-state index < -0.39 is 11.4 Å². The molecule has 1 atom stereocenters. The van der Waals surface area contributed by atoms with E-state index in [0.29, 0.717) is 12.4 Å². The van der Waals surface area contributed by atoms with Crippen molar-refractivity contribution in [2.75, 3.05) is 6.54 Å². The minimum atomic E-state index is -0.936. The molecule has 1 aliphatic rings. The van der Waals surface area contributed by atoms with Crippen LogP contribution < -0.4 is 10.6 Å². The first kappa shape index (κ1) is 13.6. The molecule has 84 valence electrons. The molecule has 0 amide bonds. The number of carbonyl (C=O) groups is 1. The highest BCUT2D eigenvalue weighted by atomic mass is 35.5. The summed E-state index contributed by atoms with van der Waals surface area (Å²) in [5.74, 6) is -0.176. The van der Waals surface area contributed by atoms with E-state index in [4.69, 9.17) is 5.11 Å². The van der Waals surface area contributed by atoms with Gasteiger partial charge in [-0.2, -0.15) is 0 Å². The molecule has 5 heteroatoms. The number of dihydropyridines is 1. The molecule has 4 nitrogen and oxygen atoms in total. The Labute approximate surface area is 95.2 Å². The van der Waals surface area contributed by atoms with Crippen molar-refractivity contribution in [2.24, 2.45) is 5.41 Å². The fourth-order valence-corrected chi connectivity index (χ4v) is 1.11. The van der Waals surface area contributed by atoms with Crippen molar-refractivity contribution < 1.29 is 9.90 Å². The predicted molar refractivity (Wildman–Crippen MR) is 61.5 cm³/mol. The Balaban J connectivity index is 0.00000196. The lowest BCUT2D eigenvalue weighted by Crippen LogP contribution is -2.33. The molecule has 1 aliphatic heterocycles. The molecule has 0 radical (unpaired) electrons. The average Bonchev–Trinajstić information content (AvgIpc) is 2.15. The van der Waals surface area contributed by atoms with Gasteiger partial charge in [-0.25, -0.2) is 0 Å². The zero-order valence-electron chi connectivity index (χ0n) is 8.49. The molecular weight excluding hydrogens is 216 g/mol. The summed E-state index contributed by atoms with van der Waals surface area (Å²) in [5.41, 5.74) is -0.936. The number of halogens is 1. The van der Waals surface area contributed by atoms with Crippen LogP contribution in [0.3, 0.4) is 0 Å². The van der Waals surface area contributed by atoms with E-state index in [2.05, 4.69) is 17.2 Å². The van der Waals surface area contributed by atoms with Gasteiger partial charge in [-0.05, 0) is 25.3 Å². The third kappa shape index (κ3) is 3.32. The molecular formula is C10H15ClN2O2. The fourth-order valence-electron chi connectivity index (χ4n) is 1.11. The van der Waals surface area contributed by atoms with E-state index in [1.54, 1.807) is 31.4 Å². The van der Waals surface area contributed by atoms with Crippen LogP contribution in [0.4, 0.5) is 0 Å². The van der Waals surface area contributed by atoms with Crippen molar-refractivity contribution in [2.45, 2.75) is 6.92 Å². The summed E-state index contributed by atoms with van der Waals surface area (Å²) in [6.07, 6.45) is 6.58. The van der Waals surface area contributed by atoms with Crippen LogP contribution in [-0.2, 0) is 4.79 Å². The number of carboxylic acid groups (broad SMARTS) is 1. The van der Waals surface area contributed by atoms with Crippen molar-refractivity contribution in [1.82, 2.24) is 10.6 Å². The van der Waals surface area contributed by atoms with Crippen molar-refractivity contribution >= 4 is 18.4 Å². The molecule has 3 N–H and O–H groups in total. The van der Waals surface area contributed by atoms with Crippen LogP contribution in [0.1, 0.15) is 6.92 Å². The Kier molecular flexibility index (Phi) is 4.94. The van der Waals surface area contributed by atoms with Crippen molar-refractivity contribution in [1.29, 1.82) is 0 Å². The molecule has 0 aromatic carbocycles. The lowest BCUT2D eigenvalue weighted by molar-refractivity contribution is -0.142. The minimum absolute atomic E-state index is 0. The molecule has 0 aromatic heterocycles. The molecule has 0 aromatic rings. The monoisotopic (exact) mass is 230 g/mol. The van der Waals surface area contributed by atoms with Gasteiger partial charge in [-0.3, -0.25) is 4.79 Å². The van der Waals surface area contributed by atoms with Gasteiger partial charge in [0.1, 0.15) is 11.2 Å². The lowest BCUT2D eigenvalue weighted by Gasteiger charge is -2.23. The van der Waals surface area contributed by atoms with Gasteiger partial charge in [0.25, 0.3) is 0 Å². The van der Waals surface area contributed by atoms with Gasteiger partial charge in [0, 0.05) is 6.54 Å². The Morgan fingerprint density at radius 1 is 1.80 bits per heavy atom. The topological polar surface area (TPSA) is 61.4 Å². The standard InChI is InChI=1S/C10H14N2O2.ClH/c1-3-5-11-8-7-10(2,9(13)14)4-6-12-8;/h3-4,6-7,11-12H,1,5H2,2H3,(H,13,14);1H. The van der Waals surface area contributed by atoms with Gasteiger partial charge in [-0.15, -0.1) is 19.0 Å². The maximum Gasteiger partial charge on any atom is 0.317 e. The summed E-state index contributed by atoms with van der Waals surface area (Å²) in [5, 5.41) is 14.9. The maximum atomic E-state index is 10.9. The van der Waals surface area contributed by atoms with Gasteiger partial charge >= 0.3 is 5.97 Å². The van der Waals surface area contributed by atoms with Crippen LogP contribution in [0.25, 0.3) is 0 Å². The molecule has 0 spiro atoms. The second-order valence-electron chi connectivity index (χ2n) is 3.29. The van der Waals surface area contributed by atoms with Crippen molar-refractivity contribution in [3.05, 3.63) is 36.8 Å². The summed E-state index contributed by atoms with van der Waals surface area (Å²) < 4.78 is 0. The van der Waals surface area contributed by atoms with Gasteiger partial charge in [0.2, 0.25) is 0 Å². The van der Waals surface area contributed by atoms with E-state index in [0.717, 1.165) is 0 Å². The third-order valence-electron chi connectivity index (χ3n) is 2.01. The van der Waals surface area contributed by atoms with Gasteiger partial charge < -0.3 is 15.7 Å². The number of hydrogen-bond acceptors (Lipinski definition) is 3. The van der Waals surface area contributed by atoms with Gasteiger partial charge in [0.15, 0.2) is 0 Å². The fraction of sp³-hybridized carbons (Fsp3) is 0.300. The Hall–Kier alpha value is -1.42. The first-order valence-electron chi connectivity index (χ1n) is 4.34. The van der Waals surface area contributed by atoms with Crippen LogP contribution in [0.5, 0.6) is 0 Å². The highest BCUT2D eigenvalue weighted by molar-refractivity contribution is 5.85. The Bertz CT molecular complexity index is 313. The van der Waals surface area contributed by atoms with Crippen molar-refractivity contribution in [3.8, 4) is 0 Å². The number of carboxylic acids is 1. The quantitative estimate of drug-likeness (QED) is 0.636. The summed E-state index contributed by atoms with van der Waals surface area (Å²) >= 11 is 0. The van der Waals surface area contributed by atoms with Crippen LogP contribution in [0.2, 0.25) is 0 Å². The first-order chi connectivity index (χ1) is 6.58. The molecule has 0 bridgehead atoms.